The van der Waals surface area contributed by atoms with Crippen LogP contribution in [-0.4, -0.2) is 0 Å². The van der Waals surface area contributed by atoms with Gasteiger partial charge in [0.15, 0.2) is 0 Å². The summed E-state index contributed by atoms with van der Waals surface area (Å²) in [5, 5.41) is 18.0. The molecule has 0 unspecified atom stereocenters. The molecule has 0 aliphatic heterocycles. The summed E-state index contributed by atoms with van der Waals surface area (Å²) in [5.74, 6) is 1.53. The molecule has 0 amide bonds. The van der Waals surface area contributed by atoms with E-state index in [1.54, 1.807) is 12.5 Å². The van der Waals surface area contributed by atoms with E-state index in [1.165, 1.54) is 22.3 Å². The molecule has 0 atom stereocenters. The first kappa shape index (κ1) is 30.9. The number of rotatable bonds is 10. The molecule has 0 spiro atoms. The van der Waals surface area contributed by atoms with Crippen molar-refractivity contribution >= 4 is 0 Å². The van der Waals surface area contributed by atoms with Crippen LogP contribution in [0.25, 0.3) is 44.5 Å². The molecule has 0 aromatic heterocycles. The molecular weight excluding hydrogens is 576 g/mol. The maximum Gasteiger partial charge on any atom is 0.292 e. The highest BCUT2D eigenvalue weighted by Crippen LogP contribution is 2.47. The van der Waals surface area contributed by atoms with Crippen LogP contribution in [0.3, 0.4) is 0 Å². The van der Waals surface area contributed by atoms with Crippen LogP contribution in [-0.2, 0) is 0 Å². The number of nitrogens with zero attached hydrogens (tertiary/aromatic N) is 2. The molecule has 0 N–H and O–H groups in total. The molecule has 4 nitrogen and oxygen atoms in total. The lowest BCUT2D eigenvalue weighted by molar-refractivity contribution is 0.507. The molecule has 228 valence electrons. The Morgan fingerprint density at radius 3 is 1.23 bits per heavy atom. The molecule has 0 radical (unpaired) electrons. The SMILES string of the molecule is CC(C)CC(c1cccc(-c2ccc(OC#N)cc2)c1-c1ccccc1)c1cccc(-c2ccc(OC#N)cc2)c1-c1ccccc1. The van der Waals surface area contributed by atoms with Gasteiger partial charge < -0.3 is 9.47 Å². The zero-order valence-corrected chi connectivity index (χ0v) is 26.4. The predicted octanol–water partition coefficient (Wildman–Crippen LogP) is 11.3. The fraction of sp³-hybridized carbons (Fsp3) is 0.116. The van der Waals surface area contributed by atoms with Gasteiger partial charge in [-0.3, -0.25) is 0 Å². The molecule has 0 fully saturated rings. The zero-order valence-electron chi connectivity index (χ0n) is 26.4. The summed E-state index contributed by atoms with van der Waals surface area (Å²) in [5.41, 5.74) is 11.5. The summed E-state index contributed by atoms with van der Waals surface area (Å²) in [6, 6.07) is 49.9. The molecular formula is C43H34N2O2. The van der Waals surface area contributed by atoms with E-state index in [1.807, 2.05) is 48.5 Å². The van der Waals surface area contributed by atoms with Gasteiger partial charge in [0.25, 0.3) is 12.5 Å². The van der Waals surface area contributed by atoms with Gasteiger partial charge in [-0.2, -0.15) is 0 Å². The summed E-state index contributed by atoms with van der Waals surface area (Å²) in [4.78, 5) is 0. The molecule has 0 saturated carbocycles. The van der Waals surface area contributed by atoms with Gasteiger partial charge >= 0.3 is 0 Å². The van der Waals surface area contributed by atoms with E-state index in [4.69, 9.17) is 20.0 Å². The van der Waals surface area contributed by atoms with Gasteiger partial charge in [0.1, 0.15) is 11.5 Å². The smallest absolute Gasteiger partial charge is 0.292 e. The van der Waals surface area contributed by atoms with Gasteiger partial charge in [-0.25, -0.2) is 0 Å². The second-order valence-electron chi connectivity index (χ2n) is 11.9. The number of hydrogen-bond acceptors (Lipinski definition) is 4. The van der Waals surface area contributed by atoms with E-state index in [0.717, 1.165) is 39.8 Å². The van der Waals surface area contributed by atoms with Crippen molar-refractivity contribution in [3.8, 4) is 68.5 Å². The van der Waals surface area contributed by atoms with Gasteiger partial charge in [-0.15, -0.1) is 10.5 Å². The van der Waals surface area contributed by atoms with Crippen LogP contribution in [0.5, 0.6) is 11.5 Å². The van der Waals surface area contributed by atoms with Crippen molar-refractivity contribution in [3.63, 3.8) is 0 Å². The minimum atomic E-state index is 0.0719. The minimum Gasteiger partial charge on any atom is -0.388 e. The summed E-state index contributed by atoms with van der Waals surface area (Å²) in [7, 11) is 0. The maximum atomic E-state index is 9.02. The lowest BCUT2D eigenvalue weighted by Gasteiger charge is -2.28. The van der Waals surface area contributed by atoms with Crippen molar-refractivity contribution in [2.24, 2.45) is 5.92 Å². The lowest BCUT2D eigenvalue weighted by Crippen LogP contribution is -2.10. The summed E-state index contributed by atoms with van der Waals surface area (Å²) in [6.45, 7) is 4.57. The molecule has 4 heteroatoms. The van der Waals surface area contributed by atoms with Crippen LogP contribution in [0, 0.1) is 29.0 Å². The van der Waals surface area contributed by atoms with Gasteiger partial charge in [-0.05, 0) is 92.2 Å². The van der Waals surface area contributed by atoms with Crippen molar-refractivity contribution in [1.82, 2.24) is 0 Å². The number of hydrogen-bond donors (Lipinski definition) is 0. The third-order valence-corrected chi connectivity index (χ3v) is 8.43. The summed E-state index contributed by atoms with van der Waals surface area (Å²) < 4.78 is 10.2. The Morgan fingerprint density at radius 1 is 0.468 bits per heavy atom. The number of benzene rings is 6. The summed E-state index contributed by atoms with van der Waals surface area (Å²) in [6.07, 6.45) is 4.47. The molecule has 0 aliphatic carbocycles. The Bertz CT molecular complexity index is 1890. The Hall–Kier alpha value is -6.10. The Morgan fingerprint density at radius 2 is 0.872 bits per heavy atom. The van der Waals surface area contributed by atoms with Crippen molar-refractivity contribution in [2.45, 2.75) is 26.2 Å². The van der Waals surface area contributed by atoms with Crippen molar-refractivity contribution in [3.05, 3.63) is 157 Å². The maximum absolute atomic E-state index is 9.02. The van der Waals surface area contributed by atoms with Gasteiger partial charge in [0, 0.05) is 5.92 Å². The van der Waals surface area contributed by atoms with Crippen LogP contribution >= 0.6 is 0 Å². The zero-order chi connectivity index (χ0) is 32.6. The molecule has 0 saturated heterocycles. The summed E-state index contributed by atoms with van der Waals surface area (Å²) >= 11 is 0. The van der Waals surface area contributed by atoms with Crippen LogP contribution in [0.2, 0.25) is 0 Å². The van der Waals surface area contributed by atoms with Crippen LogP contribution in [0.1, 0.15) is 37.3 Å². The Balaban J connectivity index is 1.61. The van der Waals surface area contributed by atoms with Crippen molar-refractivity contribution in [2.75, 3.05) is 0 Å². The normalized spacial score (nSPS) is 10.8. The van der Waals surface area contributed by atoms with Crippen molar-refractivity contribution in [1.29, 1.82) is 10.5 Å². The average molecular weight is 611 g/mol. The second-order valence-corrected chi connectivity index (χ2v) is 11.9. The molecule has 6 aromatic rings. The first-order chi connectivity index (χ1) is 23.1. The molecule has 0 aliphatic rings. The number of nitriles is 2. The quantitative estimate of drug-likeness (QED) is 0.145. The number of ether oxygens (including phenoxy) is 2. The van der Waals surface area contributed by atoms with Crippen molar-refractivity contribution < 1.29 is 9.47 Å². The van der Waals surface area contributed by atoms with E-state index in [9.17, 15) is 0 Å². The second kappa shape index (κ2) is 14.3. The minimum absolute atomic E-state index is 0.0719. The Kier molecular flexibility index (Phi) is 9.43. The Labute approximate surface area is 276 Å². The van der Waals surface area contributed by atoms with E-state index < -0.39 is 0 Å². The third kappa shape index (κ3) is 6.79. The predicted molar refractivity (Wildman–Crippen MR) is 188 cm³/mol. The fourth-order valence-corrected chi connectivity index (χ4v) is 6.46. The molecule has 6 rings (SSSR count). The standard InChI is InChI=1S/C43H34N2O2/c1-30(2)27-41(39-17-9-15-37(42(39)33-11-5-3-6-12-33)31-19-23-35(24-20-31)46-28-44)40-18-10-16-38(43(40)34-13-7-4-8-14-34)32-21-25-36(26-22-32)47-29-45/h3-26,30,41H,27H2,1-2H3. The highest BCUT2D eigenvalue weighted by molar-refractivity contribution is 5.89. The highest BCUT2D eigenvalue weighted by atomic mass is 16.5. The van der Waals surface area contributed by atoms with Gasteiger partial charge in [-0.1, -0.05) is 135 Å². The monoisotopic (exact) mass is 610 g/mol. The first-order valence-electron chi connectivity index (χ1n) is 15.8. The molecule has 0 heterocycles. The lowest BCUT2D eigenvalue weighted by atomic mass is 9.75. The first-order valence-corrected chi connectivity index (χ1v) is 15.8. The van der Waals surface area contributed by atoms with E-state index >= 15 is 0 Å². The topological polar surface area (TPSA) is 66.0 Å². The third-order valence-electron chi connectivity index (χ3n) is 8.43. The largest absolute Gasteiger partial charge is 0.388 e. The van der Waals surface area contributed by atoms with E-state index in [0.29, 0.717) is 17.4 Å². The van der Waals surface area contributed by atoms with Gasteiger partial charge in [0.2, 0.25) is 0 Å². The molecule has 6 aromatic carbocycles. The van der Waals surface area contributed by atoms with E-state index in [2.05, 4.69) is 111 Å². The fourth-order valence-electron chi connectivity index (χ4n) is 6.46. The van der Waals surface area contributed by atoms with Crippen LogP contribution < -0.4 is 9.47 Å². The van der Waals surface area contributed by atoms with Gasteiger partial charge in [0.05, 0.1) is 0 Å². The van der Waals surface area contributed by atoms with E-state index in [-0.39, 0.29) is 5.92 Å². The van der Waals surface area contributed by atoms with Crippen LogP contribution in [0.15, 0.2) is 146 Å². The average Bonchev–Trinajstić information content (AvgIpc) is 3.12. The highest BCUT2D eigenvalue weighted by Gasteiger charge is 2.26. The van der Waals surface area contributed by atoms with Crippen LogP contribution in [0.4, 0.5) is 0 Å². The molecule has 47 heavy (non-hydrogen) atoms. The molecule has 0 bridgehead atoms.